The highest BCUT2D eigenvalue weighted by atomic mass is 16.2. The van der Waals surface area contributed by atoms with Gasteiger partial charge in [-0.25, -0.2) is 4.98 Å². The molecule has 2 aromatic carbocycles. The van der Waals surface area contributed by atoms with Crippen molar-refractivity contribution in [3.05, 3.63) is 66.2 Å². The molecular formula is C23H28N4O. The van der Waals surface area contributed by atoms with Crippen LogP contribution in [-0.4, -0.2) is 58.0 Å². The number of fused-ring (bicyclic) bond motifs is 1. The molecule has 0 bridgehead atoms. The zero-order chi connectivity index (χ0) is 19.5. The number of carbonyl (C=O) groups excluding carboxylic acids is 1. The van der Waals surface area contributed by atoms with Gasteiger partial charge >= 0.3 is 0 Å². The molecule has 0 N–H and O–H groups in total. The Labute approximate surface area is 166 Å². The summed E-state index contributed by atoms with van der Waals surface area (Å²) in [5.74, 6) is 1.73. The van der Waals surface area contributed by atoms with Crippen LogP contribution in [0.4, 0.5) is 0 Å². The van der Waals surface area contributed by atoms with E-state index in [1.165, 1.54) is 0 Å². The molecule has 3 aromatic rings. The van der Waals surface area contributed by atoms with Crippen LogP contribution in [0, 0.1) is 0 Å². The van der Waals surface area contributed by atoms with Crippen molar-refractivity contribution in [1.82, 2.24) is 19.4 Å². The van der Waals surface area contributed by atoms with Crippen molar-refractivity contribution >= 4 is 16.7 Å². The summed E-state index contributed by atoms with van der Waals surface area (Å²) in [4.78, 5) is 22.0. The SMILES string of the molecule is CC(C)c1nccn1CCN1CCN(C(=O)c2cccc3ccccc23)CC1. The van der Waals surface area contributed by atoms with E-state index in [0.29, 0.717) is 5.92 Å². The van der Waals surface area contributed by atoms with E-state index >= 15 is 0 Å². The highest BCUT2D eigenvalue weighted by Gasteiger charge is 2.23. The maximum absolute atomic E-state index is 13.1. The Morgan fingerprint density at radius 1 is 1.00 bits per heavy atom. The molecule has 2 heterocycles. The minimum Gasteiger partial charge on any atom is -0.336 e. The van der Waals surface area contributed by atoms with Crippen LogP contribution < -0.4 is 0 Å². The van der Waals surface area contributed by atoms with Gasteiger partial charge in [0.25, 0.3) is 5.91 Å². The van der Waals surface area contributed by atoms with E-state index in [1.54, 1.807) is 0 Å². The minimum absolute atomic E-state index is 0.146. The summed E-state index contributed by atoms with van der Waals surface area (Å²) in [6.07, 6.45) is 3.95. The number of carbonyl (C=O) groups is 1. The van der Waals surface area contributed by atoms with Crippen LogP contribution in [-0.2, 0) is 6.54 Å². The quantitative estimate of drug-likeness (QED) is 0.683. The predicted molar refractivity (Wildman–Crippen MR) is 113 cm³/mol. The first-order valence-electron chi connectivity index (χ1n) is 10.1. The zero-order valence-corrected chi connectivity index (χ0v) is 16.7. The smallest absolute Gasteiger partial charge is 0.254 e. The van der Waals surface area contributed by atoms with Gasteiger partial charge in [0.1, 0.15) is 5.82 Å². The van der Waals surface area contributed by atoms with Crippen LogP contribution in [0.25, 0.3) is 10.8 Å². The molecular weight excluding hydrogens is 348 g/mol. The molecule has 0 unspecified atom stereocenters. The van der Waals surface area contributed by atoms with Crippen LogP contribution in [0.5, 0.6) is 0 Å². The molecule has 1 saturated heterocycles. The first-order valence-corrected chi connectivity index (χ1v) is 10.1. The molecule has 28 heavy (non-hydrogen) atoms. The number of hydrogen-bond acceptors (Lipinski definition) is 3. The second-order valence-electron chi connectivity index (χ2n) is 7.79. The standard InChI is InChI=1S/C23H28N4O/c1-18(2)22-24-10-11-26(22)15-12-25-13-16-27(17-14-25)23(28)21-9-5-7-19-6-3-4-8-20(19)21/h3-11,18H,12-17H2,1-2H3. The van der Waals surface area contributed by atoms with Gasteiger partial charge in [0.15, 0.2) is 0 Å². The van der Waals surface area contributed by atoms with Crippen molar-refractivity contribution in [2.45, 2.75) is 26.3 Å². The molecule has 0 saturated carbocycles. The van der Waals surface area contributed by atoms with E-state index < -0.39 is 0 Å². The largest absolute Gasteiger partial charge is 0.336 e. The second-order valence-corrected chi connectivity index (χ2v) is 7.79. The van der Waals surface area contributed by atoms with Crippen LogP contribution in [0.3, 0.4) is 0 Å². The van der Waals surface area contributed by atoms with E-state index in [9.17, 15) is 4.79 Å². The van der Waals surface area contributed by atoms with Crippen molar-refractivity contribution in [3.63, 3.8) is 0 Å². The van der Waals surface area contributed by atoms with E-state index in [-0.39, 0.29) is 5.91 Å². The zero-order valence-electron chi connectivity index (χ0n) is 16.7. The van der Waals surface area contributed by atoms with Gasteiger partial charge in [-0.15, -0.1) is 0 Å². The summed E-state index contributed by atoms with van der Waals surface area (Å²) in [5.41, 5.74) is 0.812. The number of rotatable bonds is 5. The van der Waals surface area contributed by atoms with Gasteiger partial charge in [-0.3, -0.25) is 9.69 Å². The van der Waals surface area contributed by atoms with E-state index in [4.69, 9.17) is 0 Å². The fourth-order valence-electron chi connectivity index (χ4n) is 4.02. The Morgan fingerprint density at radius 3 is 2.54 bits per heavy atom. The van der Waals surface area contributed by atoms with E-state index in [2.05, 4.69) is 46.6 Å². The van der Waals surface area contributed by atoms with Crippen molar-refractivity contribution in [3.8, 4) is 0 Å². The number of benzene rings is 2. The molecule has 5 nitrogen and oxygen atoms in total. The average molecular weight is 377 g/mol. The van der Waals surface area contributed by atoms with Gasteiger partial charge in [0.05, 0.1) is 0 Å². The molecule has 4 rings (SSSR count). The maximum atomic E-state index is 13.1. The van der Waals surface area contributed by atoms with E-state index in [1.807, 2.05) is 41.4 Å². The lowest BCUT2D eigenvalue weighted by Crippen LogP contribution is -2.49. The number of piperazine rings is 1. The second kappa shape index (κ2) is 8.15. The van der Waals surface area contributed by atoms with Crippen molar-refractivity contribution in [2.75, 3.05) is 32.7 Å². The summed E-state index contributed by atoms with van der Waals surface area (Å²) in [5, 5.41) is 2.16. The van der Waals surface area contributed by atoms with Crippen LogP contribution in [0.2, 0.25) is 0 Å². The van der Waals surface area contributed by atoms with E-state index in [0.717, 1.165) is 61.4 Å². The van der Waals surface area contributed by atoms with Crippen molar-refractivity contribution in [1.29, 1.82) is 0 Å². The maximum Gasteiger partial charge on any atom is 0.254 e. The number of amides is 1. The average Bonchev–Trinajstić information content (AvgIpc) is 3.21. The molecule has 1 aliphatic rings. The molecule has 0 spiro atoms. The highest BCUT2D eigenvalue weighted by Crippen LogP contribution is 2.21. The lowest BCUT2D eigenvalue weighted by molar-refractivity contribution is 0.0635. The third-order valence-corrected chi connectivity index (χ3v) is 5.60. The van der Waals surface area contributed by atoms with Crippen LogP contribution >= 0.6 is 0 Å². The molecule has 0 aliphatic carbocycles. The molecule has 146 valence electrons. The minimum atomic E-state index is 0.146. The molecule has 1 aliphatic heterocycles. The Morgan fingerprint density at radius 2 is 1.75 bits per heavy atom. The van der Waals surface area contributed by atoms with Gasteiger partial charge in [-0.05, 0) is 16.8 Å². The first kappa shape index (κ1) is 18.7. The van der Waals surface area contributed by atoms with Gasteiger partial charge < -0.3 is 9.47 Å². The molecule has 0 atom stereocenters. The Balaban J connectivity index is 1.36. The normalized spacial score (nSPS) is 15.5. The Hall–Kier alpha value is -2.66. The number of aromatic nitrogens is 2. The third kappa shape index (κ3) is 3.80. The lowest BCUT2D eigenvalue weighted by Gasteiger charge is -2.35. The first-order chi connectivity index (χ1) is 13.6. The van der Waals surface area contributed by atoms with Gasteiger partial charge in [-0.2, -0.15) is 0 Å². The summed E-state index contributed by atoms with van der Waals surface area (Å²) in [7, 11) is 0. The molecule has 5 heteroatoms. The Kier molecular flexibility index (Phi) is 5.44. The van der Waals surface area contributed by atoms with Crippen LogP contribution in [0.1, 0.15) is 35.9 Å². The molecule has 1 amide bonds. The van der Waals surface area contributed by atoms with Gasteiger partial charge in [-0.1, -0.05) is 50.2 Å². The van der Waals surface area contributed by atoms with Gasteiger partial charge in [0.2, 0.25) is 0 Å². The molecule has 1 aromatic heterocycles. The van der Waals surface area contributed by atoms with Crippen LogP contribution in [0.15, 0.2) is 54.9 Å². The molecule has 0 radical (unpaired) electrons. The van der Waals surface area contributed by atoms with Gasteiger partial charge in [0, 0.05) is 63.1 Å². The fraction of sp³-hybridized carbons (Fsp3) is 0.391. The summed E-state index contributed by atoms with van der Waals surface area (Å²) in [6, 6.07) is 14.1. The summed E-state index contributed by atoms with van der Waals surface area (Å²) < 4.78 is 2.25. The Bertz CT molecular complexity index is 949. The number of nitrogens with zero attached hydrogens (tertiary/aromatic N) is 4. The summed E-state index contributed by atoms with van der Waals surface area (Å²) in [6.45, 7) is 9.70. The predicted octanol–water partition coefficient (Wildman–Crippen LogP) is 3.62. The lowest BCUT2D eigenvalue weighted by atomic mass is 10.0. The fourth-order valence-corrected chi connectivity index (χ4v) is 4.02. The number of hydrogen-bond donors (Lipinski definition) is 0. The monoisotopic (exact) mass is 376 g/mol. The van der Waals surface area contributed by atoms with Crippen molar-refractivity contribution in [2.24, 2.45) is 0 Å². The summed E-state index contributed by atoms with van der Waals surface area (Å²) >= 11 is 0. The van der Waals surface area contributed by atoms with Crippen molar-refractivity contribution < 1.29 is 4.79 Å². The third-order valence-electron chi connectivity index (χ3n) is 5.60. The highest BCUT2D eigenvalue weighted by molar-refractivity contribution is 6.07. The molecule has 1 fully saturated rings. The number of imidazole rings is 1. The topological polar surface area (TPSA) is 41.4 Å².